The molecule has 4 aromatic heterocycles. The van der Waals surface area contributed by atoms with Gasteiger partial charge in [-0.3, -0.25) is 9.97 Å². The monoisotopic (exact) mass is 770 g/mol. The van der Waals surface area contributed by atoms with Gasteiger partial charge in [0.1, 0.15) is 0 Å². The third-order valence-electron chi connectivity index (χ3n) is 12.1. The Bertz CT molecular complexity index is 3140. The minimum absolute atomic E-state index is 1.08. The standard InChI is InChI=1S/C56H42N4/c1-35-10-22-52-46(27-35)47-28-36(2)11-23-53(47)59(52)44-18-14-39(15-19-44)50-33-58-34-51(56(50)42-8-5-7-41(31-42)43-9-6-26-57-32-43)40-16-20-45(21-17-40)60-54-24-12-37(3)29-48(54)49-30-38(4)13-25-55(49)60/h5-34H,1-4H3. The average molecular weight is 771 g/mol. The minimum atomic E-state index is 1.08. The molecule has 4 heterocycles. The van der Waals surface area contributed by atoms with Crippen molar-refractivity contribution in [2.75, 3.05) is 0 Å². The van der Waals surface area contributed by atoms with Gasteiger partial charge in [0.05, 0.1) is 22.1 Å². The zero-order chi connectivity index (χ0) is 40.5. The topological polar surface area (TPSA) is 35.6 Å². The number of nitrogens with zero attached hydrogens (tertiary/aromatic N) is 4. The molecule has 0 bridgehead atoms. The van der Waals surface area contributed by atoms with Gasteiger partial charge in [0.2, 0.25) is 0 Å². The molecule has 4 heteroatoms. The molecule has 286 valence electrons. The summed E-state index contributed by atoms with van der Waals surface area (Å²) in [6, 6.07) is 58.0. The predicted molar refractivity (Wildman–Crippen MR) is 251 cm³/mol. The average Bonchev–Trinajstić information content (AvgIpc) is 3.77. The summed E-state index contributed by atoms with van der Waals surface area (Å²) >= 11 is 0. The fourth-order valence-corrected chi connectivity index (χ4v) is 9.24. The van der Waals surface area contributed by atoms with Crippen molar-refractivity contribution in [3.05, 3.63) is 205 Å². The molecule has 0 unspecified atom stereocenters. The smallest absolute Gasteiger partial charge is 0.0541 e. The molecule has 11 rings (SSSR count). The van der Waals surface area contributed by atoms with Crippen LogP contribution in [-0.4, -0.2) is 19.1 Å². The van der Waals surface area contributed by atoms with Crippen molar-refractivity contribution in [2.45, 2.75) is 27.7 Å². The molecular formula is C56H42N4. The van der Waals surface area contributed by atoms with Crippen molar-refractivity contribution in [1.82, 2.24) is 19.1 Å². The lowest BCUT2D eigenvalue weighted by Crippen LogP contribution is -1.96. The number of benzene rings is 7. The largest absolute Gasteiger partial charge is 0.309 e. The molecule has 0 aliphatic carbocycles. The van der Waals surface area contributed by atoms with Crippen LogP contribution in [0, 0.1) is 27.7 Å². The summed E-state index contributed by atoms with van der Waals surface area (Å²) in [5.41, 5.74) is 21.0. The van der Waals surface area contributed by atoms with Gasteiger partial charge in [-0.1, -0.05) is 95.1 Å². The molecule has 0 saturated heterocycles. The van der Waals surface area contributed by atoms with Crippen LogP contribution in [-0.2, 0) is 0 Å². The van der Waals surface area contributed by atoms with Crippen LogP contribution in [0.4, 0.5) is 0 Å². The van der Waals surface area contributed by atoms with E-state index >= 15 is 0 Å². The Hall–Kier alpha value is -7.56. The Morgan fingerprint density at radius 2 is 0.750 bits per heavy atom. The lowest BCUT2D eigenvalue weighted by molar-refractivity contribution is 1.18. The molecule has 7 aromatic carbocycles. The number of rotatable bonds is 6. The molecular weight excluding hydrogens is 729 g/mol. The number of aryl methyl sites for hydroxylation is 4. The SMILES string of the molecule is Cc1ccc2c(c1)c1cc(C)ccc1n2-c1ccc(-c2cncc(-c3ccc(-n4c5ccc(C)cc5c5cc(C)ccc54)cc3)c2-c2cccc(-c3cccnc3)c2)cc1. The van der Waals surface area contributed by atoms with Crippen molar-refractivity contribution >= 4 is 43.6 Å². The highest BCUT2D eigenvalue weighted by atomic mass is 15.0. The highest BCUT2D eigenvalue weighted by Gasteiger charge is 2.19. The van der Waals surface area contributed by atoms with Gasteiger partial charge in [0, 0.05) is 80.0 Å². The van der Waals surface area contributed by atoms with Gasteiger partial charge in [0.15, 0.2) is 0 Å². The van der Waals surface area contributed by atoms with Crippen LogP contribution < -0.4 is 0 Å². The minimum Gasteiger partial charge on any atom is -0.309 e. The van der Waals surface area contributed by atoms with E-state index in [-0.39, 0.29) is 0 Å². The molecule has 0 N–H and O–H groups in total. The summed E-state index contributed by atoms with van der Waals surface area (Å²) in [6.45, 7) is 8.67. The van der Waals surface area contributed by atoms with Crippen molar-refractivity contribution in [3.8, 4) is 55.9 Å². The van der Waals surface area contributed by atoms with Crippen molar-refractivity contribution in [3.63, 3.8) is 0 Å². The molecule has 0 aliphatic heterocycles. The Kier molecular flexibility index (Phi) is 8.35. The molecule has 0 amide bonds. The van der Waals surface area contributed by atoms with E-state index in [1.807, 2.05) is 30.9 Å². The first-order valence-corrected chi connectivity index (χ1v) is 20.6. The summed E-state index contributed by atoms with van der Waals surface area (Å²) in [5, 5.41) is 5.11. The Morgan fingerprint density at radius 1 is 0.333 bits per heavy atom. The lowest BCUT2D eigenvalue weighted by atomic mass is 9.88. The first kappa shape index (κ1) is 35.6. The van der Waals surface area contributed by atoms with E-state index in [4.69, 9.17) is 4.98 Å². The number of fused-ring (bicyclic) bond motifs is 6. The molecule has 0 fully saturated rings. The lowest BCUT2D eigenvalue weighted by Gasteiger charge is -2.18. The van der Waals surface area contributed by atoms with E-state index < -0.39 is 0 Å². The third kappa shape index (κ3) is 5.91. The third-order valence-corrected chi connectivity index (χ3v) is 12.1. The number of pyridine rings is 2. The van der Waals surface area contributed by atoms with Gasteiger partial charge in [0.25, 0.3) is 0 Å². The second-order valence-electron chi connectivity index (χ2n) is 16.3. The predicted octanol–water partition coefficient (Wildman–Crippen LogP) is 14.6. The molecule has 0 spiro atoms. The van der Waals surface area contributed by atoms with Crippen LogP contribution in [0.2, 0.25) is 0 Å². The van der Waals surface area contributed by atoms with E-state index in [0.717, 1.165) is 55.9 Å². The zero-order valence-electron chi connectivity index (χ0n) is 34.1. The molecule has 11 aromatic rings. The van der Waals surface area contributed by atoms with E-state index in [1.54, 1.807) is 0 Å². The molecule has 0 saturated carbocycles. The number of hydrogen-bond acceptors (Lipinski definition) is 2. The highest BCUT2D eigenvalue weighted by molar-refractivity contribution is 6.11. The summed E-state index contributed by atoms with van der Waals surface area (Å²) in [7, 11) is 0. The maximum Gasteiger partial charge on any atom is 0.0541 e. The van der Waals surface area contributed by atoms with E-state index in [0.29, 0.717) is 0 Å². The van der Waals surface area contributed by atoms with Gasteiger partial charge in [-0.25, -0.2) is 0 Å². The van der Waals surface area contributed by atoms with Crippen LogP contribution in [0.15, 0.2) is 183 Å². The Labute approximate surface area is 349 Å². The van der Waals surface area contributed by atoms with Gasteiger partial charge < -0.3 is 9.13 Å². The molecule has 0 aliphatic rings. The second-order valence-corrected chi connectivity index (χ2v) is 16.3. The van der Waals surface area contributed by atoms with Crippen molar-refractivity contribution < 1.29 is 0 Å². The van der Waals surface area contributed by atoms with Crippen LogP contribution in [0.3, 0.4) is 0 Å². The van der Waals surface area contributed by atoms with Gasteiger partial charge in [-0.15, -0.1) is 0 Å². The summed E-state index contributed by atoms with van der Waals surface area (Å²) in [4.78, 5) is 9.36. The number of hydrogen-bond donors (Lipinski definition) is 0. The Morgan fingerprint density at radius 3 is 1.17 bits per heavy atom. The maximum atomic E-state index is 4.92. The number of aromatic nitrogens is 4. The molecule has 4 nitrogen and oxygen atoms in total. The summed E-state index contributed by atoms with van der Waals surface area (Å²) in [5.74, 6) is 0. The zero-order valence-corrected chi connectivity index (χ0v) is 34.1. The van der Waals surface area contributed by atoms with Gasteiger partial charge in [-0.05, 0) is 135 Å². The summed E-state index contributed by atoms with van der Waals surface area (Å²) < 4.78 is 4.78. The second kappa shape index (κ2) is 14.1. The van der Waals surface area contributed by atoms with Gasteiger partial charge in [-0.2, -0.15) is 0 Å². The highest BCUT2D eigenvalue weighted by Crippen LogP contribution is 2.42. The van der Waals surface area contributed by atoms with Crippen molar-refractivity contribution in [2.24, 2.45) is 0 Å². The van der Waals surface area contributed by atoms with Crippen LogP contribution in [0.25, 0.3) is 99.5 Å². The molecule has 0 radical (unpaired) electrons. The van der Waals surface area contributed by atoms with E-state index in [9.17, 15) is 0 Å². The fraction of sp³-hybridized carbons (Fsp3) is 0.0714. The Balaban J connectivity index is 1.06. The van der Waals surface area contributed by atoms with Crippen molar-refractivity contribution in [1.29, 1.82) is 0 Å². The van der Waals surface area contributed by atoms with E-state index in [1.165, 1.54) is 65.9 Å². The fourth-order valence-electron chi connectivity index (χ4n) is 9.24. The van der Waals surface area contributed by atoms with E-state index in [2.05, 4.69) is 193 Å². The van der Waals surface area contributed by atoms with Crippen LogP contribution in [0.5, 0.6) is 0 Å². The normalized spacial score (nSPS) is 11.7. The first-order chi connectivity index (χ1) is 29.4. The van der Waals surface area contributed by atoms with Crippen LogP contribution in [0.1, 0.15) is 22.3 Å². The van der Waals surface area contributed by atoms with Gasteiger partial charge >= 0.3 is 0 Å². The quantitative estimate of drug-likeness (QED) is 0.169. The first-order valence-electron chi connectivity index (χ1n) is 20.6. The van der Waals surface area contributed by atoms with Crippen LogP contribution >= 0.6 is 0 Å². The summed E-state index contributed by atoms with van der Waals surface area (Å²) in [6.07, 6.45) is 7.79. The molecule has 0 atom stereocenters. The molecule has 60 heavy (non-hydrogen) atoms. The maximum absolute atomic E-state index is 4.92.